The van der Waals surface area contributed by atoms with Crippen LogP contribution in [-0.4, -0.2) is 40.6 Å². The van der Waals surface area contributed by atoms with Gasteiger partial charge in [0.2, 0.25) is 0 Å². The predicted octanol–water partition coefficient (Wildman–Crippen LogP) is 3.01. The van der Waals surface area contributed by atoms with E-state index in [0.717, 1.165) is 11.0 Å². The highest BCUT2D eigenvalue weighted by Crippen LogP contribution is 2.20. The second kappa shape index (κ2) is 7.28. The van der Waals surface area contributed by atoms with Crippen molar-refractivity contribution in [2.24, 2.45) is 0 Å². The van der Waals surface area contributed by atoms with Gasteiger partial charge in [0, 0.05) is 29.1 Å². The molecule has 0 aliphatic heterocycles. The van der Waals surface area contributed by atoms with Crippen molar-refractivity contribution in [3.05, 3.63) is 39.4 Å². The molecule has 0 aliphatic rings. The minimum Gasteiger partial charge on any atom is -0.332 e. The number of amides is 1. The number of nitro groups is 1. The van der Waals surface area contributed by atoms with Gasteiger partial charge in [-0.15, -0.1) is 0 Å². The number of halogens is 3. The Morgan fingerprint density at radius 1 is 1.50 bits per heavy atom. The zero-order valence-corrected chi connectivity index (χ0v) is 12.3. The van der Waals surface area contributed by atoms with Gasteiger partial charge in [-0.1, -0.05) is 22.0 Å². The molecule has 0 saturated carbocycles. The SMILES string of the molecule is Cc1ccc(C(=O)N(CCBr)CC(F)F)cc1[N+](=O)[O-]. The van der Waals surface area contributed by atoms with Crippen LogP contribution < -0.4 is 0 Å². The molecule has 5 nitrogen and oxygen atoms in total. The summed E-state index contributed by atoms with van der Waals surface area (Å²) in [6.07, 6.45) is -2.65. The van der Waals surface area contributed by atoms with Gasteiger partial charge >= 0.3 is 0 Å². The molecule has 8 heteroatoms. The summed E-state index contributed by atoms with van der Waals surface area (Å²) in [6, 6.07) is 3.95. The molecule has 0 atom stereocenters. The van der Waals surface area contributed by atoms with Crippen LogP contribution in [-0.2, 0) is 0 Å². The van der Waals surface area contributed by atoms with Crippen LogP contribution in [0.2, 0.25) is 0 Å². The summed E-state index contributed by atoms with van der Waals surface area (Å²) in [5, 5.41) is 11.2. The van der Waals surface area contributed by atoms with Gasteiger partial charge in [0.1, 0.15) is 0 Å². The first-order chi connectivity index (χ1) is 9.36. The van der Waals surface area contributed by atoms with Crippen LogP contribution in [0.25, 0.3) is 0 Å². The number of carbonyl (C=O) groups excluding carboxylic acids is 1. The molecule has 0 N–H and O–H groups in total. The van der Waals surface area contributed by atoms with Crippen LogP contribution in [0.5, 0.6) is 0 Å². The molecule has 0 fully saturated rings. The number of hydrogen-bond acceptors (Lipinski definition) is 3. The summed E-state index contributed by atoms with van der Waals surface area (Å²) in [7, 11) is 0. The smallest absolute Gasteiger partial charge is 0.273 e. The highest BCUT2D eigenvalue weighted by Gasteiger charge is 2.21. The van der Waals surface area contributed by atoms with Crippen LogP contribution in [0, 0.1) is 17.0 Å². The summed E-state index contributed by atoms with van der Waals surface area (Å²) in [5.74, 6) is -0.646. The molecule has 0 aromatic heterocycles. The highest BCUT2D eigenvalue weighted by molar-refractivity contribution is 9.09. The molecule has 0 saturated heterocycles. The molecule has 1 rings (SSSR count). The van der Waals surface area contributed by atoms with Crippen molar-refractivity contribution in [3.8, 4) is 0 Å². The molecule has 0 spiro atoms. The minimum atomic E-state index is -2.65. The first-order valence-corrected chi connectivity index (χ1v) is 6.87. The summed E-state index contributed by atoms with van der Waals surface area (Å²) in [4.78, 5) is 23.3. The van der Waals surface area contributed by atoms with Crippen LogP contribution in [0.1, 0.15) is 15.9 Å². The lowest BCUT2D eigenvalue weighted by Crippen LogP contribution is -2.36. The highest BCUT2D eigenvalue weighted by atomic mass is 79.9. The third-order valence-corrected chi connectivity index (χ3v) is 3.01. The molecule has 1 amide bonds. The zero-order valence-electron chi connectivity index (χ0n) is 10.7. The topological polar surface area (TPSA) is 63.5 Å². The lowest BCUT2D eigenvalue weighted by molar-refractivity contribution is -0.385. The quantitative estimate of drug-likeness (QED) is 0.450. The Hall–Kier alpha value is -1.57. The van der Waals surface area contributed by atoms with Gasteiger partial charge in [-0.05, 0) is 13.0 Å². The second-order valence-corrected chi connectivity index (χ2v) is 4.88. The number of aryl methyl sites for hydroxylation is 1. The first-order valence-electron chi connectivity index (χ1n) is 5.75. The normalized spacial score (nSPS) is 10.7. The average molecular weight is 351 g/mol. The maximum atomic E-state index is 12.4. The molecule has 20 heavy (non-hydrogen) atoms. The molecule has 1 aromatic carbocycles. The fourth-order valence-electron chi connectivity index (χ4n) is 1.67. The molecule has 0 unspecified atom stereocenters. The van der Waals surface area contributed by atoms with Crippen molar-refractivity contribution < 1.29 is 18.5 Å². The molecule has 0 aliphatic carbocycles. The van der Waals surface area contributed by atoms with E-state index in [0.29, 0.717) is 10.9 Å². The van der Waals surface area contributed by atoms with E-state index in [1.165, 1.54) is 12.1 Å². The zero-order chi connectivity index (χ0) is 15.3. The van der Waals surface area contributed by atoms with Crippen molar-refractivity contribution in [2.75, 3.05) is 18.4 Å². The van der Waals surface area contributed by atoms with E-state index in [9.17, 15) is 23.7 Å². The van der Waals surface area contributed by atoms with E-state index in [-0.39, 0.29) is 17.8 Å². The number of carbonyl (C=O) groups is 1. The number of nitrogens with zero attached hydrogens (tertiary/aromatic N) is 2. The molecule has 110 valence electrons. The number of hydrogen-bond donors (Lipinski definition) is 0. The van der Waals surface area contributed by atoms with Crippen molar-refractivity contribution >= 4 is 27.5 Å². The fourth-order valence-corrected chi connectivity index (χ4v) is 2.09. The van der Waals surface area contributed by atoms with Gasteiger partial charge < -0.3 is 4.90 Å². The maximum Gasteiger partial charge on any atom is 0.273 e. The number of alkyl halides is 3. The third kappa shape index (κ3) is 4.22. The van der Waals surface area contributed by atoms with Crippen LogP contribution in [0.15, 0.2) is 18.2 Å². The lowest BCUT2D eigenvalue weighted by Gasteiger charge is -2.21. The van der Waals surface area contributed by atoms with E-state index < -0.39 is 23.8 Å². The Morgan fingerprint density at radius 3 is 2.65 bits per heavy atom. The number of rotatable bonds is 6. The van der Waals surface area contributed by atoms with Gasteiger partial charge in [-0.25, -0.2) is 8.78 Å². The average Bonchev–Trinajstić information content (AvgIpc) is 2.37. The number of benzene rings is 1. The van der Waals surface area contributed by atoms with Crippen LogP contribution >= 0.6 is 15.9 Å². The minimum absolute atomic E-state index is 0.0314. The van der Waals surface area contributed by atoms with E-state index in [4.69, 9.17) is 0 Å². The first kappa shape index (κ1) is 16.5. The van der Waals surface area contributed by atoms with Gasteiger partial charge in [0.25, 0.3) is 18.0 Å². The van der Waals surface area contributed by atoms with Crippen molar-refractivity contribution in [3.63, 3.8) is 0 Å². The molecule has 0 heterocycles. The van der Waals surface area contributed by atoms with Crippen molar-refractivity contribution in [1.29, 1.82) is 0 Å². The predicted molar refractivity (Wildman–Crippen MR) is 73.5 cm³/mol. The van der Waals surface area contributed by atoms with E-state index in [1.807, 2.05) is 0 Å². The Kier molecular flexibility index (Phi) is 6.00. The molecule has 0 bridgehead atoms. The summed E-state index contributed by atoms with van der Waals surface area (Å²) < 4.78 is 24.9. The Bertz CT molecular complexity index is 511. The fraction of sp³-hybridized carbons (Fsp3) is 0.417. The largest absolute Gasteiger partial charge is 0.332 e. The standard InChI is InChI=1S/C12H13BrF2N2O3/c1-8-2-3-9(6-10(8)17(19)20)12(18)16(5-4-13)7-11(14)15/h2-3,6,11H,4-5,7H2,1H3. The Balaban J connectivity index is 3.05. The van der Waals surface area contributed by atoms with E-state index in [2.05, 4.69) is 15.9 Å². The van der Waals surface area contributed by atoms with Gasteiger partial charge in [-0.3, -0.25) is 14.9 Å². The summed E-state index contributed by atoms with van der Waals surface area (Å²) in [6.45, 7) is 0.943. The van der Waals surface area contributed by atoms with Crippen LogP contribution in [0.4, 0.5) is 14.5 Å². The van der Waals surface area contributed by atoms with Crippen LogP contribution in [0.3, 0.4) is 0 Å². The summed E-state index contributed by atoms with van der Waals surface area (Å²) in [5.41, 5.74) is 0.239. The van der Waals surface area contributed by atoms with Crippen molar-refractivity contribution in [1.82, 2.24) is 4.90 Å². The van der Waals surface area contributed by atoms with Gasteiger partial charge in [-0.2, -0.15) is 0 Å². The van der Waals surface area contributed by atoms with E-state index in [1.54, 1.807) is 6.92 Å². The molecular weight excluding hydrogens is 338 g/mol. The molecule has 0 radical (unpaired) electrons. The summed E-state index contributed by atoms with van der Waals surface area (Å²) >= 11 is 3.08. The van der Waals surface area contributed by atoms with Crippen molar-refractivity contribution in [2.45, 2.75) is 13.3 Å². The lowest BCUT2D eigenvalue weighted by atomic mass is 10.1. The molecule has 1 aromatic rings. The monoisotopic (exact) mass is 350 g/mol. The maximum absolute atomic E-state index is 12.4. The van der Waals surface area contributed by atoms with E-state index >= 15 is 0 Å². The molecular formula is C12H13BrF2N2O3. The number of nitro benzene ring substituents is 1. The van der Waals surface area contributed by atoms with Gasteiger partial charge in [0.15, 0.2) is 0 Å². The van der Waals surface area contributed by atoms with Gasteiger partial charge in [0.05, 0.1) is 11.5 Å². The Labute approximate surface area is 122 Å². The third-order valence-electron chi connectivity index (χ3n) is 2.65. The second-order valence-electron chi connectivity index (χ2n) is 4.09. The Morgan fingerprint density at radius 2 is 2.15 bits per heavy atom.